The second-order valence-electron chi connectivity index (χ2n) is 6.01. The summed E-state index contributed by atoms with van der Waals surface area (Å²) in [6.45, 7) is 1.10. The Morgan fingerprint density at radius 3 is 2.76 bits per heavy atom. The minimum atomic E-state index is -0.427. The molecule has 2 heterocycles. The summed E-state index contributed by atoms with van der Waals surface area (Å²) >= 11 is 0. The number of ether oxygens (including phenoxy) is 1. The summed E-state index contributed by atoms with van der Waals surface area (Å²) in [7, 11) is 1.67. The van der Waals surface area contributed by atoms with Crippen molar-refractivity contribution >= 4 is 27.7 Å². The van der Waals surface area contributed by atoms with Crippen molar-refractivity contribution in [2.45, 2.75) is 13.2 Å². The van der Waals surface area contributed by atoms with E-state index in [2.05, 4.69) is 10.6 Å². The molecule has 2 aromatic heterocycles. The lowest BCUT2D eigenvalue weighted by Gasteiger charge is -2.07. The second-order valence-corrected chi connectivity index (χ2v) is 6.01. The quantitative estimate of drug-likeness (QED) is 0.605. The molecule has 0 saturated heterocycles. The van der Waals surface area contributed by atoms with Gasteiger partial charge in [0, 0.05) is 29.0 Å². The van der Waals surface area contributed by atoms with Gasteiger partial charge in [0.1, 0.15) is 5.76 Å². The summed E-state index contributed by atoms with van der Waals surface area (Å²) in [5.41, 5.74) is 9.18. The van der Waals surface area contributed by atoms with Crippen LogP contribution >= 0.6 is 0 Å². The van der Waals surface area contributed by atoms with Crippen molar-refractivity contribution in [1.29, 1.82) is 0 Å². The number of furan rings is 1. The molecule has 0 unspecified atom stereocenters. The smallest absolute Gasteiger partial charge is 0.249 e. The van der Waals surface area contributed by atoms with E-state index in [1.165, 1.54) is 0 Å². The van der Waals surface area contributed by atoms with E-state index >= 15 is 0 Å². The molecule has 0 spiro atoms. The van der Waals surface area contributed by atoms with E-state index in [0.717, 1.165) is 33.1 Å². The molecule has 1 amide bonds. The number of carbonyl (C=O) groups excluding carboxylic acids is 1. The monoisotopic (exact) mass is 334 g/mol. The molecular formula is C20H18N2O3. The van der Waals surface area contributed by atoms with Gasteiger partial charge in [0.05, 0.1) is 24.9 Å². The Bertz CT molecular complexity index is 1060. The van der Waals surface area contributed by atoms with Crippen molar-refractivity contribution in [2.24, 2.45) is 5.73 Å². The van der Waals surface area contributed by atoms with E-state index in [-0.39, 0.29) is 0 Å². The van der Waals surface area contributed by atoms with Crippen molar-refractivity contribution in [3.05, 3.63) is 71.7 Å². The number of nitrogens with two attached hydrogens (primary N) is 1. The zero-order valence-corrected chi connectivity index (χ0v) is 13.9. The molecule has 0 aliphatic rings. The van der Waals surface area contributed by atoms with Crippen molar-refractivity contribution < 1.29 is 13.9 Å². The van der Waals surface area contributed by atoms with Gasteiger partial charge < -0.3 is 19.5 Å². The molecule has 0 atom stereocenters. The SMILES string of the molecule is COCc1ccc2c3c(C(N)=O)cccc3n(Cc3ccco3)c2c1. The van der Waals surface area contributed by atoms with Crippen LogP contribution in [-0.2, 0) is 17.9 Å². The number of aromatic nitrogens is 1. The lowest BCUT2D eigenvalue weighted by atomic mass is 10.0. The highest BCUT2D eigenvalue weighted by Gasteiger charge is 2.17. The fourth-order valence-electron chi connectivity index (χ4n) is 3.38. The third kappa shape index (κ3) is 2.58. The summed E-state index contributed by atoms with van der Waals surface area (Å²) in [4.78, 5) is 11.9. The van der Waals surface area contributed by atoms with Gasteiger partial charge >= 0.3 is 0 Å². The number of hydrogen-bond acceptors (Lipinski definition) is 3. The lowest BCUT2D eigenvalue weighted by molar-refractivity contribution is 0.100. The van der Waals surface area contributed by atoms with E-state index in [1.807, 2.05) is 36.4 Å². The van der Waals surface area contributed by atoms with Crippen LogP contribution in [0.2, 0.25) is 0 Å². The Morgan fingerprint density at radius 2 is 2.04 bits per heavy atom. The molecule has 0 radical (unpaired) electrons. The molecule has 126 valence electrons. The molecule has 2 aromatic carbocycles. The highest BCUT2D eigenvalue weighted by molar-refractivity contribution is 6.17. The summed E-state index contributed by atoms with van der Waals surface area (Å²) in [5.74, 6) is 0.420. The van der Waals surface area contributed by atoms with Crippen molar-refractivity contribution in [2.75, 3.05) is 7.11 Å². The molecule has 0 fully saturated rings. The van der Waals surface area contributed by atoms with Gasteiger partial charge in [0.25, 0.3) is 0 Å². The van der Waals surface area contributed by atoms with E-state index in [0.29, 0.717) is 18.7 Å². The van der Waals surface area contributed by atoms with Gasteiger partial charge in [-0.15, -0.1) is 0 Å². The zero-order chi connectivity index (χ0) is 17.4. The van der Waals surface area contributed by atoms with Crippen molar-refractivity contribution in [3.8, 4) is 0 Å². The van der Waals surface area contributed by atoms with Crippen LogP contribution in [-0.4, -0.2) is 17.6 Å². The van der Waals surface area contributed by atoms with Crippen molar-refractivity contribution in [3.63, 3.8) is 0 Å². The molecule has 0 bridgehead atoms. The Labute approximate surface area is 144 Å². The van der Waals surface area contributed by atoms with E-state index in [9.17, 15) is 4.79 Å². The molecule has 5 nitrogen and oxygen atoms in total. The number of carbonyl (C=O) groups is 1. The van der Waals surface area contributed by atoms with Crippen LogP contribution < -0.4 is 5.73 Å². The largest absolute Gasteiger partial charge is 0.467 e. The Kier molecular flexibility index (Phi) is 3.78. The Balaban J connectivity index is 2.05. The normalized spacial score (nSPS) is 11.4. The Hall–Kier alpha value is -3.05. The topological polar surface area (TPSA) is 70.4 Å². The molecule has 5 heteroatoms. The molecule has 4 aromatic rings. The zero-order valence-electron chi connectivity index (χ0n) is 13.9. The average Bonchev–Trinajstić information content (AvgIpc) is 3.22. The number of primary amides is 1. The number of rotatable bonds is 5. The first-order chi connectivity index (χ1) is 12.2. The Morgan fingerprint density at radius 1 is 1.16 bits per heavy atom. The second kappa shape index (κ2) is 6.11. The molecule has 0 aliphatic carbocycles. The van der Waals surface area contributed by atoms with Crippen molar-refractivity contribution in [1.82, 2.24) is 4.57 Å². The number of nitrogens with zero attached hydrogens (tertiary/aromatic N) is 1. The predicted molar refractivity (Wildman–Crippen MR) is 96.5 cm³/mol. The van der Waals surface area contributed by atoms with Crippen LogP contribution in [0.4, 0.5) is 0 Å². The molecule has 0 aliphatic heterocycles. The molecular weight excluding hydrogens is 316 g/mol. The van der Waals surface area contributed by atoms with Crippen LogP contribution in [0.15, 0.2) is 59.2 Å². The van der Waals surface area contributed by atoms with Crippen LogP contribution in [0, 0.1) is 0 Å². The van der Waals surface area contributed by atoms with E-state index in [4.69, 9.17) is 14.9 Å². The number of amides is 1. The maximum atomic E-state index is 11.9. The summed E-state index contributed by atoms with van der Waals surface area (Å²) in [6.07, 6.45) is 1.66. The van der Waals surface area contributed by atoms with Crippen LogP contribution in [0.3, 0.4) is 0 Å². The first kappa shape index (κ1) is 15.5. The fraction of sp³-hybridized carbons (Fsp3) is 0.150. The number of hydrogen-bond donors (Lipinski definition) is 1. The van der Waals surface area contributed by atoms with Gasteiger partial charge in [0.2, 0.25) is 5.91 Å². The average molecular weight is 334 g/mol. The van der Waals surface area contributed by atoms with E-state index in [1.54, 1.807) is 19.4 Å². The third-order valence-corrected chi connectivity index (χ3v) is 4.43. The van der Waals surface area contributed by atoms with Crippen LogP contribution in [0.25, 0.3) is 21.8 Å². The maximum Gasteiger partial charge on any atom is 0.249 e. The lowest BCUT2D eigenvalue weighted by Crippen LogP contribution is -2.11. The van der Waals surface area contributed by atoms with Crippen LogP contribution in [0.5, 0.6) is 0 Å². The van der Waals surface area contributed by atoms with Gasteiger partial charge in [-0.1, -0.05) is 18.2 Å². The predicted octanol–water partition coefficient (Wildman–Crippen LogP) is 3.68. The minimum absolute atomic E-state index is 0.427. The summed E-state index contributed by atoms with van der Waals surface area (Å²) in [5, 5.41) is 1.87. The van der Waals surface area contributed by atoms with Gasteiger partial charge in [-0.05, 0) is 35.9 Å². The van der Waals surface area contributed by atoms with Gasteiger partial charge in [-0.25, -0.2) is 0 Å². The first-order valence-corrected chi connectivity index (χ1v) is 8.04. The third-order valence-electron chi connectivity index (χ3n) is 4.43. The minimum Gasteiger partial charge on any atom is -0.467 e. The number of methoxy groups -OCH3 is 1. The van der Waals surface area contributed by atoms with E-state index < -0.39 is 5.91 Å². The molecule has 0 saturated carbocycles. The first-order valence-electron chi connectivity index (χ1n) is 8.04. The van der Waals surface area contributed by atoms with Gasteiger partial charge in [-0.2, -0.15) is 0 Å². The number of fused-ring (bicyclic) bond motifs is 3. The molecule has 4 rings (SSSR count). The number of benzene rings is 2. The standard InChI is InChI=1S/C20H18N2O3/c1-24-12-13-7-8-15-18(10-13)22(11-14-4-3-9-25-14)17-6-2-5-16(19(15)17)20(21)23/h2-10H,11-12H2,1H3,(H2,21,23). The summed E-state index contributed by atoms with van der Waals surface area (Å²) < 4.78 is 12.9. The maximum absolute atomic E-state index is 11.9. The highest BCUT2D eigenvalue weighted by Crippen LogP contribution is 2.33. The fourth-order valence-corrected chi connectivity index (χ4v) is 3.38. The molecule has 2 N–H and O–H groups in total. The van der Waals surface area contributed by atoms with Gasteiger partial charge in [0.15, 0.2) is 0 Å². The summed E-state index contributed by atoms with van der Waals surface area (Å²) in [6, 6.07) is 15.6. The molecule has 25 heavy (non-hydrogen) atoms. The van der Waals surface area contributed by atoms with Crippen LogP contribution in [0.1, 0.15) is 21.7 Å². The highest BCUT2D eigenvalue weighted by atomic mass is 16.5. The van der Waals surface area contributed by atoms with Gasteiger partial charge in [-0.3, -0.25) is 4.79 Å².